The number of aliphatic hydroxyl groups excluding tert-OH is 1. The quantitative estimate of drug-likeness (QED) is 0.662. The van der Waals surface area contributed by atoms with Crippen LogP contribution in [0.15, 0.2) is 48.9 Å². The molecule has 0 aliphatic carbocycles. The summed E-state index contributed by atoms with van der Waals surface area (Å²) in [7, 11) is 0. The molecule has 3 aromatic rings. The molecule has 0 fully saturated rings. The lowest BCUT2D eigenvalue weighted by atomic mass is 10.1. The molecule has 6 heteroatoms. The molecule has 1 unspecified atom stereocenters. The van der Waals surface area contributed by atoms with Gasteiger partial charge in [-0.15, -0.1) is 0 Å². The first-order valence-electron chi connectivity index (χ1n) is 8.93. The number of rotatable bonds is 5. The third-order valence-electron chi connectivity index (χ3n) is 4.03. The van der Waals surface area contributed by atoms with Crippen molar-refractivity contribution in [2.75, 3.05) is 5.32 Å². The summed E-state index contributed by atoms with van der Waals surface area (Å²) in [5.74, 6) is -0.311. The molecule has 142 valence electrons. The van der Waals surface area contributed by atoms with E-state index in [2.05, 4.69) is 10.3 Å². The Morgan fingerprint density at radius 3 is 2.70 bits per heavy atom. The number of aromatic nitrogens is 2. The van der Waals surface area contributed by atoms with Crippen LogP contribution in [-0.2, 0) is 16.1 Å². The topological polar surface area (TPSA) is 76.4 Å². The standard InChI is InChI=1S/C21H25N3O3/c1-14(25)18-12-24(13-20(26)27-21(2,3)4)19-8-7-15(10-17(18)19)23-16-6-5-9-22-11-16/h5-12,14,23,25H,13H2,1-4H3. The van der Waals surface area contributed by atoms with Gasteiger partial charge < -0.3 is 19.7 Å². The van der Waals surface area contributed by atoms with E-state index >= 15 is 0 Å². The Bertz CT molecular complexity index is 940. The summed E-state index contributed by atoms with van der Waals surface area (Å²) in [4.78, 5) is 16.3. The Balaban J connectivity index is 1.93. The first-order chi connectivity index (χ1) is 12.7. The van der Waals surface area contributed by atoms with Crippen molar-refractivity contribution < 1.29 is 14.6 Å². The molecular weight excluding hydrogens is 342 g/mol. The molecule has 2 N–H and O–H groups in total. The van der Waals surface area contributed by atoms with Gasteiger partial charge in [0.1, 0.15) is 12.1 Å². The fourth-order valence-electron chi connectivity index (χ4n) is 2.98. The maximum Gasteiger partial charge on any atom is 0.326 e. The first-order valence-corrected chi connectivity index (χ1v) is 8.93. The number of carbonyl (C=O) groups excluding carboxylic acids is 1. The number of nitrogens with one attached hydrogen (secondary N) is 1. The summed E-state index contributed by atoms with van der Waals surface area (Å²) < 4.78 is 7.24. The summed E-state index contributed by atoms with van der Waals surface area (Å²) in [6.07, 6.45) is 4.62. The second kappa shape index (κ2) is 7.40. The van der Waals surface area contributed by atoms with Crippen LogP contribution in [0.4, 0.5) is 11.4 Å². The summed E-state index contributed by atoms with van der Waals surface area (Å²) in [6, 6.07) is 9.63. The van der Waals surface area contributed by atoms with Crippen LogP contribution in [0.25, 0.3) is 10.9 Å². The minimum atomic E-state index is -0.652. The summed E-state index contributed by atoms with van der Waals surface area (Å²) in [6.45, 7) is 7.34. The number of benzene rings is 1. The van der Waals surface area contributed by atoms with Crippen molar-refractivity contribution in [2.24, 2.45) is 0 Å². The van der Waals surface area contributed by atoms with Crippen molar-refractivity contribution in [1.29, 1.82) is 0 Å². The average Bonchev–Trinajstić information content (AvgIpc) is 2.92. The number of hydrogen-bond donors (Lipinski definition) is 2. The predicted octanol–water partition coefficient (Wildman–Crippen LogP) is 4.17. The normalized spacial score (nSPS) is 12.8. The zero-order chi connectivity index (χ0) is 19.6. The van der Waals surface area contributed by atoms with Gasteiger partial charge in [-0.05, 0) is 58.0 Å². The van der Waals surface area contributed by atoms with Crippen LogP contribution in [0.2, 0.25) is 0 Å². The summed E-state index contributed by atoms with van der Waals surface area (Å²) in [5, 5.41) is 14.4. The Kier molecular flexibility index (Phi) is 5.19. The minimum Gasteiger partial charge on any atom is -0.459 e. The molecule has 2 aromatic heterocycles. The lowest BCUT2D eigenvalue weighted by Crippen LogP contribution is -2.26. The maximum atomic E-state index is 12.2. The van der Waals surface area contributed by atoms with Crippen molar-refractivity contribution in [3.05, 3.63) is 54.5 Å². The average molecular weight is 367 g/mol. The van der Waals surface area contributed by atoms with Crippen LogP contribution in [0, 0.1) is 0 Å². The second-order valence-corrected chi connectivity index (χ2v) is 7.57. The van der Waals surface area contributed by atoms with Crippen LogP contribution in [0.1, 0.15) is 39.4 Å². The molecule has 3 rings (SSSR count). The molecule has 0 radical (unpaired) electrons. The van der Waals surface area contributed by atoms with Crippen molar-refractivity contribution >= 4 is 28.2 Å². The molecule has 0 aliphatic heterocycles. The largest absolute Gasteiger partial charge is 0.459 e. The highest BCUT2D eigenvalue weighted by Crippen LogP contribution is 2.30. The van der Waals surface area contributed by atoms with E-state index < -0.39 is 11.7 Å². The van der Waals surface area contributed by atoms with Crippen molar-refractivity contribution in [3.63, 3.8) is 0 Å². The number of fused-ring (bicyclic) bond motifs is 1. The molecule has 2 heterocycles. The molecule has 1 atom stereocenters. The van der Waals surface area contributed by atoms with Crippen LogP contribution in [0.5, 0.6) is 0 Å². The number of hydrogen-bond acceptors (Lipinski definition) is 5. The van der Waals surface area contributed by atoms with Crippen LogP contribution < -0.4 is 5.32 Å². The molecule has 0 aliphatic rings. The Hall–Kier alpha value is -2.86. The third-order valence-corrected chi connectivity index (χ3v) is 4.03. The lowest BCUT2D eigenvalue weighted by molar-refractivity contribution is -0.155. The van der Waals surface area contributed by atoms with Crippen LogP contribution in [-0.4, -0.2) is 26.2 Å². The van der Waals surface area contributed by atoms with E-state index in [1.165, 1.54) is 0 Å². The molecule has 1 aromatic carbocycles. The van der Waals surface area contributed by atoms with Crippen molar-refractivity contribution in [1.82, 2.24) is 9.55 Å². The Morgan fingerprint density at radius 2 is 2.07 bits per heavy atom. The first kappa shape index (κ1) is 18.9. The van der Waals surface area contributed by atoms with Gasteiger partial charge in [0.05, 0.1) is 18.0 Å². The highest BCUT2D eigenvalue weighted by Gasteiger charge is 2.19. The number of esters is 1. The van der Waals surface area contributed by atoms with E-state index in [-0.39, 0.29) is 12.5 Å². The van der Waals surface area contributed by atoms with E-state index in [1.807, 2.05) is 61.9 Å². The van der Waals surface area contributed by atoms with Crippen molar-refractivity contribution in [3.8, 4) is 0 Å². The van der Waals surface area contributed by atoms with Gasteiger partial charge in [0.15, 0.2) is 0 Å². The summed E-state index contributed by atoms with van der Waals surface area (Å²) in [5.41, 5.74) is 2.86. The maximum absolute atomic E-state index is 12.2. The van der Waals surface area contributed by atoms with E-state index in [0.717, 1.165) is 27.8 Å². The fraction of sp³-hybridized carbons (Fsp3) is 0.333. The van der Waals surface area contributed by atoms with Gasteiger partial charge >= 0.3 is 5.97 Å². The molecular formula is C21H25N3O3. The zero-order valence-corrected chi connectivity index (χ0v) is 16.1. The second-order valence-electron chi connectivity index (χ2n) is 7.57. The van der Waals surface area contributed by atoms with Gasteiger partial charge in [-0.3, -0.25) is 9.78 Å². The SMILES string of the molecule is CC(O)c1cn(CC(=O)OC(C)(C)C)c2ccc(Nc3cccnc3)cc12. The molecule has 0 saturated heterocycles. The van der Waals surface area contributed by atoms with Gasteiger partial charge in [0.25, 0.3) is 0 Å². The van der Waals surface area contributed by atoms with Gasteiger partial charge in [0.2, 0.25) is 0 Å². The summed E-state index contributed by atoms with van der Waals surface area (Å²) >= 11 is 0. The lowest BCUT2D eigenvalue weighted by Gasteiger charge is -2.19. The minimum absolute atomic E-state index is 0.0931. The Labute approximate surface area is 158 Å². The van der Waals surface area contributed by atoms with E-state index in [9.17, 15) is 9.90 Å². The number of aliphatic hydroxyl groups is 1. The van der Waals surface area contributed by atoms with E-state index in [0.29, 0.717) is 0 Å². The number of pyridine rings is 1. The third kappa shape index (κ3) is 4.65. The van der Waals surface area contributed by atoms with Gasteiger partial charge in [0, 0.05) is 34.5 Å². The molecule has 0 amide bonds. The van der Waals surface area contributed by atoms with Crippen molar-refractivity contribution in [2.45, 2.75) is 45.9 Å². The van der Waals surface area contributed by atoms with Gasteiger partial charge in [-0.1, -0.05) is 0 Å². The molecule has 0 spiro atoms. The monoisotopic (exact) mass is 367 g/mol. The van der Waals surface area contributed by atoms with Gasteiger partial charge in [-0.25, -0.2) is 0 Å². The smallest absolute Gasteiger partial charge is 0.326 e. The number of ether oxygens (including phenoxy) is 1. The van der Waals surface area contributed by atoms with Crippen LogP contribution in [0.3, 0.4) is 0 Å². The van der Waals surface area contributed by atoms with E-state index in [4.69, 9.17) is 4.74 Å². The van der Waals surface area contributed by atoms with E-state index in [1.54, 1.807) is 19.3 Å². The number of anilines is 2. The number of carbonyl (C=O) groups is 1. The predicted molar refractivity (Wildman–Crippen MR) is 106 cm³/mol. The van der Waals surface area contributed by atoms with Crippen LogP contribution >= 0.6 is 0 Å². The molecule has 6 nitrogen and oxygen atoms in total. The highest BCUT2D eigenvalue weighted by atomic mass is 16.6. The molecule has 0 saturated carbocycles. The Morgan fingerprint density at radius 1 is 1.30 bits per heavy atom. The fourth-order valence-corrected chi connectivity index (χ4v) is 2.98. The highest BCUT2D eigenvalue weighted by molar-refractivity contribution is 5.89. The molecule has 0 bridgehead atoms. The zero-order valence-electron chi connectivity index (χ0n) is 16.1. The van der Waals surface area contributed by atoms with Gasteiger partial charge in [-0.2, -0.15) is 0 Å². The molecule has 27 heavy (non-hydrogen) atoms. The number of nitrogens with zero attached hydrogens (tertiary/aromatic N) is 2.